The maximum atomic E-state index is 13.4. The molecule has 2 aromatic rings. The molecule has 5 nitrogen and oxygen atoms in total. The van der Waals surface area contributed by atoms with Gasteiger partial charge in [0, 0.05) is 10.0 Å². The molecule has 0 saturated heterocycles. The Labute approximate surface area is 149 Å². The molecule has 0 unspecified atom stereocenters. The minimum absolute atomic E-state index is 0.0574. The van der Waals surface area contributed by atoms with Gasteiger partial charge in [-0.3, -0.25) is 0 Å². The summed E-state index contributed by atoms with van der Waals surface area (Å²) in [7, 11) is 0. The fourth-order valence-electron chi connectivity index (χ4n) is 1.55. The number of hydrogen-bond acceptors (Lipinski definition) is 5. The molecule has 0 aliphatic heterocycles. The second-order valence-electron chi connectivity index (χ2n) is 4.29. The standard InChI is InChI=1S/C14H10BrCl2FN2O3/c15-8-4-2-1-3-7(8)5-22-9(21)6-23-14-11(17)12(19)10(16)13(18)20-14/h1-4H,5-6H2,(H2,19,20). The molecular formula is C14H10BrCl2FN2O3. The number of pyridine rings is 1. The Morgan fingerprint density at radius 2 is 2.00 bits per heavy atom. The lowest BCUT2D eigenvalue weighted by Crippen LogP contribution is -2.16. The maximum Gasteiger partial charge on any atom is 0.344 e. The Balaban J connectivity index is 1.94. The van der Waals surface area contributed by atoms with E-state index in [1.807, 2.05) is 18.2 Å². The first-order valence-electron chi connectivity index (χ1n) is 6.22. The van der Waals surface area contributed by atoms with E-state index in [1.54, 1.807) is 6.07 Å². The number of carbonyl (C=O) groups excluding carboxylic acids is 1. The highest BCUT2D eigenvalue weighted by atomic mass is 79.9. The van der Waals surface area contributed by atoms with Gasteiger partial charge in [-0.2, -0.15) is 9.37 Å². The number of benzene rings is 1. The summed E-state index contributed by atoms with van der Waals surface area (Å²) in [5.74, 6) is -2.04. The molecule has 0 amide bonds. The van der Waals surface area contributed by atoms with E-state index in [0.29, 0.717) is 0 Å². The number of halogens is 4. The Kier molecular flexibility index (Phi) is 6.04. The van der Waals surface area contributed by atoms with Crippen LogP contribution in [0.4, 0.5) is 10.1 Å². The molecular weight excluding hydrogens is 414 g/mol. The second kappa shape index (κ2) is 7.81. The van der Waals surface area contributed by atoms with Crippen LogP contribution in [0, 0.1) is 5.95 Å². The van der Waals surface area contributed by atoms with Gasteiger partial charge in [-0.05, 0) is 6.07 Å². The third kappa shape index (κ3) is 4.46. The van der Waals surface area contributed by atoms with Gasteiger partial charge in [-0.1, -0.05) is 57.3 Å². The number of rotatable bonds is 5. The van der Waals surface area contributed by atoms with E-state index < -0.39 is 23.5 Å². The van der Waals surface area contributed by atoms with E-state index in [0.717, 1.165) is 10.0 Å². The molecule has 1 heterocycles. The molecule has 0 aliphatic carbocycles. The van der Waals surface area contributed by atoms with Gasteiger partial charge in [-0.15, -0.1) is 0 Å². The summed E-state index contributed by atoms with van der Waals surface area (Å²) in [4.78, 5) is 15.1. The second-order valence-corrected chi connectivity index (χ2v) is 5.90. The SMILES string of the molecule is Nc1c(Cl)c(F)nc(OCC(=O)OCc2ccccc2Br)c1Cl. The van der Waals surface area contributed by atoms with Crippen molar-refractivity contribution in [3.8, 4) is 5.88 Å². The Bertz CT molecular complexity index is 746. The molecule has 0 atom stereocenters. The Morgan fingerprint density at radius 1 is 1.30 bits per heavy atom. The maximum absolute atomic E-state index is 13.4. The summed E-state index contributed by atoms with van der Waals surface area (Å²) in [6.45, 7) is -0.445. The average molecular weight is 424 g/mol. The number of nitrogen functional groups attached to an aromatic ring is 1. The molecule has 0 spiro atoms. The van der Waals surface area contributed by atoms with Gasteiger partial charge < -0.3 is 15.2 Å². The van der Waals surface area contributed by atoms with E-state index in [-0.39, 0.29) is 23.2 Å². The summed E-state index contributed by atoms with van der Waals surface area (Å²) in [5.41, 5.74) is 6.08. The van der Waals surface area contributed by atoms with E-state index in [2.05, 4.69) is 20.9 Å². The van der Waals surface area contributed by atoms with Crippen molar-refractivity contribution in [2.45, 2.75) is 6.61 Å². The molecule has 23 heavy (non-hydrogen) atoms. The monoisotopic (exact) mass is 422 g/mol. The van der Waals surface area contributed by atoms with E-state index in [9.17, 15) is 9.18 Å². The van der Waals surface area contributed by atoms with Crippen LogP contribution in [0.2, 0.25) is 10.0 Å². The van der Waals surface area contributed by atoms with Gasteiger partial charge in [0.2, 0.25) is 11.8 Å². The zero-order chi connectivity index (χ0) is 17.0. The van der Waals surface area contributed by atoms with Gasteiger partial charge in [0.05, 0.1) is 5.69 Å². The van der Waals surface area contributed by atoms with Crippen molar-refractivity contribution in [1.29, 1.82) is 0 Å². The first-order chi connectivity index (χ1) is 10.9. The van der Waals surface area contributed by atoms with E-state index in [1.165, 1.54) is 0 Å². The fourth-order valence-corrected chi connectivity index (χ4v) is 2.32. The van der Waals surface area contributed by atoms with Gasteiger partial charge in [-0.25, -0.2) is 4.79 Å². The fraction of sp³-hybridized carbons (Fsp3) is 0.143. The van der Waals surface area contributed by atoms with Crippen molar-refractivity contribution in [2.75, 3.05) is 12.3 Å². The number of hydrogen-bond donors (Lipinski definition) is 1. The number of nitrogens with zero attached hydrogens (tertiary/aromatic N) is 1. The number of ether oxygens (including phenoxy) is 2. The largest absolute Gasteiger partial charge is 0.464 e. The molecule has 0 radical (unpaired) electrons. The molecule has 0 aliphatic rings. The minimum Gasteiger partial charge on any atom is -0.464 e. The lowest BCUT2D eigenvalue weighted by Gasteiger charge is -2.10. The van der Waals surface area contributed by atoms with Crippen molar-refractivity contribution < 1.29 is 18.7 Å². The van der Waals surface area contributed by atoms with Crippen LogP contribution in [0.5, 0.6) is 5.88 Å². The molecule has 0 bridgehead atoms. The minimum atomic E-state index is -1.04. The van der Waals surface area contributed by atoms with Crippen LogP contribution in [-0.2, 0) is 16.1 Å². The van der Waals surface area contributed by atoms with E-state index >= 15 is 0 Å². The molecule has 0 fully saturated rings. The predicted molar refractivity (Wildman–Crippen MR) is 88.1 cm³/mol. The van der Waals surface area contributed by atoms with Crippen LogP contribution in [0.1, 0.15) is 5.56 Å². The molecule has 2 rings (SSSR count). The summed E-state index contributed by atoms with van der Waals surface area (Å²) < 4.78 is 24.3. The molecule has 2 N–H and O–H groups in total. The van der Waals surface area contributed by atoms with Crippen LogP contribution in [0.25, 0.3) is 0 Å². The quantitative estimate of drug-likeness (QED) is 0.581. The lowest BCUT2D eigenvalue weighted by atomic mass is 10.2. The first kappa shape index (κ1) is 17.8. The molecule has 1 aromatic heterocycles. The molecule has 0 saturated carbocycles. The highest BCUT2D eigenvalue weighted by Gasteiger charge is 2.17. The van der Waals surface area contributed by atoms with Crippen molar-refractivity contribution >= 4 is 50.8 Å². The number of nitrogens with two attached hydrogens (primary N) is 1. The number of anilines is 1. The molecule has 9 heteroatoms. The third-order valence-electron chi connectivity index (χ3n) is 2.71. The predicted octanol–water partition coefficient (Wildman–Crippen LogP) is 3.99. The third-order valence-corrected chi connectivity index (χ3v) is 4.21. The van der Waals surface area contributed by atoms with Crippen LogP contribution < -0.4 is 10.5 Å². The van der Waals surface area contributed by atoms with Crippen molar-refractivity contribution in [3.05, 3.63) is 50.3 Å². The Morgan fingerprint density at radius 3 is 2.70 bits per heavy atom. The number of aromatic nitrogens is 1. The van der Waals surface area contributed by atoms with E-state index in [4.69, 9.17) is 38.4 Å². The van der Waals surface area contributed by atoms with Crippen LogP contribution >= 0.6 is 39.1 Å². The van der Waals surface area contributed by atoms with Gasteiger partial charge >= 0.3 is 5.97 Å². The van der Waals surface area contributed by atoms with Gasteiger partial charge in [0.15, 0.2) is 6.61 Å². The summed E-state index contributed by atoms with van der Waals surface area (Å²) in [6.07, 6.45) is 0. The zero-order valence-corrected chi connectivity index (χ0v) is 14.6. The Hall–Kier alpha value is -1.57. The van der Waals surface area contributed by atoms with Crippen molar-refractivity contribution in [3.63, 3.8) is 0 Å². The van der Waals surface area contributed by atoms with Gasteiger partial charge in [0.25, 0.3) is 0 Å². The number of esters is 1. The average Bonchev–Trinajstić information content (AvgIpc) is 2.54. The number of carbonyl (C=O) groups is 1. The molecule has 1 aromatic carbocycles. The van der Waals surface area contributed by atoms with Crippen molar-refractivity contribution in [1.82, 2.24) is 4.98 Å². The topological polar surface area (TPSA) is 74.4 Å². The molecule has 122 valence electrons. The van der Waals surface area contributed by atoms with Crippen molar-refractivity contribution in [2.24, 2.45) is 0 Å². The lowest BCUT2D eigenvalue weighted by molar-refractivity contribution is -0.147. The first-order valence-corrected chi connectivity index (χ1v) is 7.76. The highest BCUT2D eigenvalue weighted by molar-refractivity contribution is 9.10. The summed E-state index contributed by atoms with van der Waals surface area (Å²) in [5, 5.41) is -0.575. The zero-order valence-electron chi connectivity index (χ0n) is 11.5. The van der Waals surface area contributed by atoms with Gasteiger partial charge in [0.1, 0.15) is 16.7 Å². The van der Waals surface area contributed by atoms with Crippen LogP contribution in [0.15, 0.2) is 28.7 Å². The highest BCUT2D eigenvalue weighted by Crippen LogP contribution is 2.35. The van der Waals surface area contributed by atoms with Crippen LogP contribution in [0.3, 0.4) is 0 Å². The summed E-state index contributed by atoms with van der Waals surface area (Å²) >= 11 is 14.7. The normalized spacial score (nSPS) is 10.4. The van der Waals surface area contributed by atoms with Crippen LogP contribution in [-0.4, -0.2) is 17.6 Å². The smallest absolute Gasteiger partial charge is 0.344 e. The summed E-state index contributed by atoms with van der Waals surface area (Å²) in [6, 6.07) is 7.27.